The average molecular weight is 309 g/mol. The van der Waals surface area contributed by atoms with Crippen LogP contribution in [0.5, 0.6) is 0 Å². The number of benzene rings is 1. The first kappa shape index (κ1) is 17.4. The number of hydrogen-bond donors (Lipinski definition) is 3. The van der Waals surface area contributed by atoms with Gasteiger partial charge >= 0.3 is 6.03 Å². The third kappa shape index (κ3) is 5.30. The third-order valence-electron chi connectivity index (χ3n) is 3.23. The normalized spacial score (nSPS) is 11.8. The Bertz CT molecular complexity index is 506. The standard InChI is InChI=1S/C15H23N3O2S/c1-4-11-7-5-6-10(2)13(11)18-14(19)12(8-9-21-3)17-15(16)20/h5-7,12H,4,8-9H2,1-3H3,(H,18,19)(H3,16,17,20)/t12-/m1/s1. The molecule has 0 unspecified atom stereocenters. The molecule has 0 saturated carbocycles. The molecule has 5 nitrogen and oxygen atoms in total. The van der Waals surface area contributed by atoms with E-state index in [1.165, 1.54) is 0 Å². The molecule has 0 spiro atoms. The SMILES string of the molecule is CCc1cccc(C)c1NC(=O)[C@@H](CCSC)NC(N)=O. The van der Waals surface area contributed by atoms with Crippen LogP contribution in [0, 0.1) is 6.92 Å². The Kier molecular flexibility index (Phi) is 7.08. The zero-order valence-electron chi connectivity index (χ0n) is 12.7. The Labute approximate surface area is 130 Å². The number of nitrogens with two attached hydrogens (primary N) is 1. The van der Waals surface area contributed by atoms with Crippen LogP contribution in [0.25, 0.3) is 0 Å². The molecule has 6 heteroatoms. The number of rotatable bonds is 7. The fraction of sp³-hybridized carbons (Fsp3) is 0.467. The van der Waals surface area contributed by atoms with Crippen molar-refractivity contribution < 1.29 is 9.59 Å². The van der Waals surface area contributed by atoms with Gasteiger partial charge in [0.1, 0.15) is 6.04 Å². The van der Waals surface area contributed by atoms with E-state index in [9.17, 15) is 9.59 Å². The predicted octanol–water partition coefficient (Wildman–Crippen LogP) is 2.29. The molecule has 0 aliphatic heterocycles. The van der Waals surface area contributed by atoms with Crippen molar-refractivity contribution in [2.24, 2.45) is 5.73 Å². The van der Waals surface area contributed by atoms with Crippen LogP contribution in [-0.2, 0) is 11.2 Å². The van der Waals surface area contributed by atoms with E-state index in [1.807, 2.05) is 38.3 Å². The van der Waals surface area contributed by atoms with E-state index in [2.05, 4.69) is 10.6 Å². The summed E-state index contributed by atoms with van der Waals surface area (Å²) in [5.74, 6) is 0.541. The van der Waals surface area contributed by atoms with Crippen molar-refractivity contribution in [2.75, 3.05) is 17.3 Å². The van der Waals surface area contributed by atoms with Gasteiger partial charge in [0.05, 0.1) is 0 Å². The number of aryl methyl sites for hydroxylation is 2. The fourth-order valence-electron chi connectivity index (χ4n) is 2.09. The van der Waals surface area contributed by atoms with Gasteiger partial charge in [-0.25, -0.2) is 4.79 Å². The molecule has 0 aromatic heterocycles. The van der Waals surface area contributed by atoms with E-state index in [0.717, 1.165) is 29.0 Å². The van der Waals surface area contributed by atoms with Crippen molar-refractivity contribution in [1.82, 2.24) is 5.32 Å². The van der Waals surface area contributed by atoms with Crippen LogP contribution in [-0.4, -0.2) is 30.0 Å². The summed E-state index contributed by atoms with van der Waals surface area (Å²) in [5, 5.41) is 5.43. The highest BCUT2D eigenvalue weighted by atomic mass is 32.2. The molecule has 0 saturated heterocycles. The number of amides is 3. The number of carbonyl (C=O) groups excluding carboxylic acids is 2. The summed E-state index contributed by atoms with van der Waals surface area (Å²) in [6, 6.07) is 4.61. The number of primary amides is 1. The second kappa shape index (κ2) is 8.56. The van der Waals surface area contributed by atoms with Gasteiger partial charge in [-0.05, 0) is 42.9 Å². The van der Waals surface area contributed by atoms with Crippen molar-refractivity contribution in [1.29, 1.82) is 0 Å². The lowest BCUT2D eigenvalue weighted by Crippen LogP contribution is -2.46. The molecule has 0 aliphatic rings. The van der Waals surface area contributed by atoms with Crippen molar-refractivity contribution >= 4 is 29.4 Å². The van der Waals surface area contributed by atoms with Crippen LogP contribution < -0.4 is 16.4 Å². The van der Waals surface area contributed by atoms with Crippen LogP contribution in [0.2, 0.25) is 0 Å². The molecule has 21 heavy (non-hydrogen) atoms. The fourth-order valence-corrected chi connectivity index (χ4v) is 2.56. The molecule has 3 amide bonds. The van der Waals surface area contributed by atoms with Crippen molar-refractivity contribution in [3.8, 4) is 0 Å². The summed E-state index contributed by atoms with van der Waals surface area (Å²) in [6.45, 7) is 3.99. The Morgan fingerprint density at radius 3 is 2.67 bits per heavy atom. The highest BCUT2D eigenvalue weighted by molar-refractivity contribution is 7.98. The monoisotopic (exact) mass is 309 g/mol. The Hall–Kier alpha value is -1.69. The van der Waals surface area contributed by atoms with Crippen LogP contribution in [0.3, 0.4) is 0 Å². The van der Waals surface area contributed by atoms with Crippen molar-refractivity contribution in [3.63, 3.8) is 0 Å². The number of urea groups is 1. The minimum atomic E-state index is -0.684. The number of carbonyl (C=O) groups is 2. The average Bonchev–Trinajstić information content (AvgIpc) is 2.45. The van der Waals surface area contributed by atoms with Gasteiger partial charge in [-0.3, -0.25) is 4.79 Å². The molecule has 1 aromatic carbocycles. The minimum Gasteiger partial charge on any atom is -0.352 e. The zero-order valence-corrected chi connectivity index (χ0v) is 13.5. The molecule has 116 valence electrons. The molecule has 0 heterocycles. The molecule has 0 aliphatic carbocycles. The quantitative estimate of drug-likeness (QED) is 0.722. The molecule has 1 atom stereocenters. The highest BCUT2D eigenvalue weighted by Crippen LogP contribution is 2.21. The number of thioether (sulfide) groups is 1. The molecular weight excluding hydrogens is 286 g/mol. The first-order valence-electron chi connectivity index (χ1n) is 6.93. The van der Waals surface area contributed by atoms with Gasteiger partial charge in [-0.1, -0.05) is 25.1 Å². The van der Waals surface area contributed by atoms with E-state index in [1.54, 1.807) is 11.8 Å². The summed E-state index contributed by atoms with van der Waals surface area (Å²) in [6.07, 6.45) is 3.33. The Morgan fingerprint density at radius 1 is 1.38 bits per heavy atom. The summed E-state index contributed by atoms with van der Waals surface area (Å²) in [4.78, 5) is 23.4. The summed E-state index contributed by atoms with van der Waals surface area (Å²) in [5.41, 5.74) is 8.05. The highest BCUT2D eigenvalue weighted by Gasteiger charge is 2.20. The second-order valence-electron chi connectivity index (χ2n) is 4.79. The van der Waals surface area contributed by atoms with E-state index >= 15 is 0 Å². The van der Waals surface area contributed by atoms with E-state index in [4.69, 9.17) is 5.73 Å². The number of hydrogen-bond acceptors (Lipinski definition) is 3. The first-order chi connectivity index (χ1) is 9.99. The van der Waals surface area contributed by atoms with Gasteiger partial charge in [0.2, 0.25) is 5.91 Å². The Morgan fingerprint density at radius 2 is 2.10 bits per heavy atom. The molecular formula is C15H23N3O2S. The van der Waals surface area contributed by atoms with E-state index in [0.29, 0.717) is 6.42 Å². The van der Waals surface area contributed by atoms with Gasteiger partial charge in [-0.2, -0.15) is 11.8 Å². The summed E-state index contributed by atoms with van der Waals surface area (Å²) < 4.78 is 0. The van der Waals surface area contributed by atoms with Crippen LogP contribution in [0.15, 0.2) is 18.2 Å². The molecule has 4 N–H and O–H groups in total. The maximum Gasteiger partial charge on any atom is 0.312 e. The largest absolute Gasteiger partial charge is 0.352 e. The number of anilines is 1. The Balaban J connectivity index is 2.88. The first-order valence-corrected chi connectivity index (χ1v) is 8.33. The molecule has 1 aromatic rings. The zero-order chi connectivity index (χ0) is 15.8. The van der Waals surface area contributed by atoms with E-state index < -0.39 is 12.1 Å². The predicted molar refractivity (Wildman–Crippen MR) is 88.7 cm³/mol. The third-order valence-corrected chi connectivity index (χ3v) is 3.88. The molecule has 0 bridgehead atoms. The molecule has 0 fully saturated rings. The second-order valence-corrected chi connectivity index (χ2v) is 5.78. The van der Waals surface area contributed by atoms with Crippen LogP contribution in [0.1, 0.15) is 24.5 Å². The maximum absolute atomic E-state index is 12.4. The van der Waals surface area contributed by atoms with Gasteiger partial charge < -0.3 is 16.4 Å². The molecule has 0 radical (unpaired) electrons. The van der Waals surface area contributed by atoms with Crippen molar-refractivity contribution in [3.05, 3.63) is 29.3 Å². The summed E-state index contributed by atoms with van der Waals surface area (Å²) in [7, 11) is 0. The van der Waals surface area contributed by atoms with Gasteiger partial charge in [-0.15, -0.1) is 0 Å². The van der Waals surface area contributed by atoms with Gasteiger partial charge in [0.25, 0.3) is 0 Å². The topological polar surface area (TPSA) is 84.2 Å². The number of para-hydroxylation sites is 1. The minimum absolute atomic E-state index is 0.230. The number of nitrogens with one attached hydrogen (secondary N) is 2. The lowest BCUT2D eigenvalue weighted by molar-refractivity contribution is -0.118. The molecule has 1 rings (SSSR count). The van der Waals surface area contributed by atoms with Crippen LogP contribution in [0.4, 0.5) is 10.5 Å². The van der Waals surface area contributed by atoms with Gasteiger partial charge in [0.15, 0.2) is 0 Å². The summed E-state index contributed by atoms with van der Waals surface area (Å²) >= 11 is 1.62. The van der Waals surface area contributed by atoms with Gasteiger partial charge in [0, 0.05) is 5.69 Å². The smallest absolute Gasteiger partial charge is 0.312 e. The maximum atomic E-state index is 12.4. The van der Waals surface area contributed by atoms with Crippen LogP contribution >= 0.6 is 11.8 Å². The van der Waals surface area contributed by atoms with Crippen molar-refractivity contribution in [2.45, 2.75) is 32.7 Å². The lowest BCUT2D eigenvalue weighted by Gasteiger charge is -2.19. The lowest BCUT2D eigenvalue weighted by atomic mass is 10.1. The van der Waals surface area contributed by atoms with E-state index in [-0.39, 0.29) is 5.91 Å².